The lowest BCUT2D eigenvalue weighted by Crippen LogP contribution is -2.35. The normalized spacial score (nSPS) is 11.0. The summed E-state index contributed by atoms with van der Waals surface area (Å²) >= 11 is 6.00. The Balaban J connectivity index is 1.86. The van der Waals surface area contributed by atoms with Crippen LogP contribution in [0.15, 0.2) is 36.5 Å². The van der Waals surface area contributed by atoms with Crippen LogP contribution in [0.25, 0.3) is 11.3 Å². The van der Waals surface area contributed by atoms with E-state index in [9.17, 15) is 4.79 Å². The number of amides is 1. The van der Waals surface area contributed by atoms with Crippen LogP contribution in [-0.4, -0.2) is 34.8 Å². The molecule has 0 aliphatic carbocycles. The summed E-state index contributed by atoms with van der Waals surface area (Å²) in [5.41, 5.74) is 1.18. The lowest BCUT2D eigenvalue weighted by molar-refractivity contribution is 0.0530. The van der Waals surface area contributed by atoms with E-state index in [0.29, 0.717) is 24.1 Å². The summed E-state index contributed by atoms with van der Waals surface area (Å²) in [4.78, 5) is 20.1. The molecule has 1 amide bonds. The number of carbonyl (C=O) groups is 1. The van der Waals surface area contributed by atoms with Crippen LogP contribution in [0.5, 0.6) is 0 Å². The molecular formula is C17H21ClN4O2. The summed E-state index contributed by atoms with van der Waals surface area (Å²) in [5.74, 6) is 0.485. The van der Waals surface area contributed by atoms with E-state index in [4.69, 9.17) is 16.3 Å². The second-order valence-corrected chi connectivity index (χ2v) is 6.57. The van der Waals surface area contributed by atoms with E-state index >= 15 is 0 Å². The molecule has 0 bridgehead atoms. The molecule has 0 saturated heterocycles. The Labute approximate surface area is 146 Å². The molecule has 1 aromatic carbocycles. The van der Waals surface area contributed by atoms with Gasteiger partial charge in [-0.1, -0.05) is 23.7 Å². The number of rotatable bonds is 5. The SMILES string of the molecule is CC(C)(C)OC(=O)NCCNc1nccc(-c2cccc(Cl)c2)n1. The van der Waals surface area contributed by atoms with Crippen LogP contribution in [0.2, 0.25) is 5.02 Å². The molecule has 1 aromatic heterocycles. The molecule has 0 spiro atoms. The zero-order valence-electron chi connectivity index (χ0n) is 14.0. The largest absolute Gasteiger partial charge is 0.444 e. The fraction of sp³-hybridized carbons (Fsp3) is 0.353. The predicted molar refractivity (Wildman–Crippen MR) is 95.2 cm³/mol. The van der Waals surface area contributed by atoms with Gasteiger partial charge in [0.15, 0.2) is 0 Å². The maximum atomic E-state index is 11.5. The van der Waals surface area contributed by atoms with Crippen LogP contribution >= 0.6 is 11.6 Å². The minimum Gasteiger partial charge on any atom is -0.444 e. The van der Waals surface area contributed by atoms with E-state index < -0.39 is 11.7 Å². The second-order valence-electron chi connectivity index (χ2n) is 6.13. The Morgan fingerprint density at radius 1 is 1.25 bits per heavy atom. The molecule has 24 heavy (non-hydrogen) atoms. The molecule has 2 N–H and O–H groups in total. The number of nitrogens with one attached hydrogen (secondary N) is 2. The Hall–Kier alpha value is -2.34. The number of ether oxygens (including phenoxy) is 1. The fourth-order valence-electron chi connectivity index (χ4n) is 1.91. The zero-order valence-corrected chi connectivity index (χ0v) is 14.7. The molecule has 1 heterocycles. The summed E-state index contributed by atoms with van der Waals surface area (Å²) in [7, 11) is 0. The van der Waals surface area contributed by atoms with Crippen molar-refractivity contribution < 1.29 is 9.53 Å². The molecule has 128 valence electrons. The minimum atomic E-state index is -0.508. The first-order valence-corrected chi connectivity index (χ1v) is 8.01. The highest BCUT2D eigenvalue weighted by atomic mass is 35.5. The first kappa shape index (κ1) is 18.0. The van der Waals surface area contributed by atoms with E-state index in [0.717, 1.165) is 11.3 Å². The maximum absolute atomic E-state index is 11.5. The maximum Gasteiger partial charge on any atom is 0.407 e. The van der Waals surface area contributed by atoms with Gasteiger partial charge in [-0.3, -0.25) is 0 Å². The number of halogens is 1. The minimum absolute atomic E-state index is 0.402. The molecule has 0 fully saturated rings. The molecule has 0 aliphatic rings. The van der Waals surface area contributed by atoms with E-state index in [1.54, 1.807) is 6.20 Å². The first-order chi connectivity index (χ1) is 11.3. The monoisotopic (exact) mass is 348 g/mol. The number of nitrogens with zero attached hydrogens (tertiary/aromatic N) is 2. The van der Waals surface area contributed by atoms with Crippen molar-refractivity contribution in [2.24, 2.45) is 0 Å². The molecular weight excluding hydrogens is 328 g/mol. The average Bonchev–Trinajstić information content (AvgIpc) is 2.50. The third-order valence-corrected chi connectivity index (χ3v) is 3.09. The van der Waals surface area contributed by atoms with Crippen molar-refractivity contribution in [1.29, 1.82) is 0 Å². The van der Waals surface area contributed by atoms with Crippen molar-refractivity contribution in [3.63, 3.8) is 0 Å². The number of hydrogen-bond donors (Lipinski definition) is 2. The van der Waals surface area contributed by atoms with Crippen molar-refractivity contribution in [3.05, 3.63) is 41.6 Å². The molecule has 0 aliphatic heterocycles. The van der Waals surface area contributed by atoms with E-state index in [1.807, 2.05) is 51.1 Å². The van der Waals surface area contributed by atoms with Gasteiger partial charge in [0.05, 0.1) is 5.69 Å². The molecule has 0 saturated carbocycles. The molecule has 0 radical (unpaired) electrons. The summed E-state index contributed by atoms with van der Waals surface area (Å²) in [5, 5.41) is 6.38. The zero-order chi connectivity index (χ0) is 17.6. The van der Waals surface area contributed by atoms with Gasteiger partial charge in [0.1, 0.15) is 5.60 Å². The Morgan fingerprint density at radius 3 is 2.75 bits per heavy atom. The number of anilines is 1. The quantitative estimate of drug-likeness (QED) is 0.805. The van der Waals surface area contributed by atoms with Crippen LogP contribution in [0.3, 0.4) is 0 Å². The third kappa shape index (κ3) is 6.04. The van der Waals surface area contributed by atoms with Gasteiger partial charge in [-0.15, -0.1) is 0 Å². The van der Waals surface area contributed by atoms with Gasteiger partial charge in [0, 0.05) is 29.9 Å². The van der Waals surface area contributed by atoms with Gasteiger partial charge in [0.2, 0.25) is 5.95 Å². The van der Waals surface area contributed by atoms with E-state index in [-0.39, 0.29) is 0 Å². The van der Waals surface area contributed by atoms with Crippen molar-refractivity contribution in [1.82, 2.24) is 15.3 Å². The Bertz CT molecular complexity index is 701. The van der Waals surface area contributed by atoms with Gasteiger partial charge in [-0.25, -0.2) is 14.8 Å². The van der Waals surface area contributed by atoms with Gasteiger partial charge in [-0.05, 0) is 39.0 Å². The summed E-state index contributed by atoms with van der Waals surface area (Å²) in [6.45, 7) is 6.35. The van der Waals surface area contributed by atoms with Crippen LogP contribution in [0, 0.1) is 0 Å². The standard InChI is InChI=1S/C17H21ClN4O2/c1-17(2,3)24-16(23)21-10-9-20-15-19-8-7-14(22-15)12-5-4-6-13(18)11-12/h4-8,11H,9-10H2,1-3H3,(H,21,23)(H,19,20,22). The van der Waals surface area contributed by atoms with Crippen molar-refractivity contribution >= 4 is 23.6 Å². The summed E-state index contributed by atoms with van der Waals surface area (Å²) in [6.07, 6.45) is 1.23. The molecule has 2 aromatic rings. The van der Waals surface area contributed by atoms with E-state index in [2.05, 4.69) is 20.6 Å². The van der Waals surface area contributed by atoms with Gasteiger partial charge < -0.3 is 15.4 Å². The van der Waals surface area contributed by atoms with Gasteiger partial charge >= 0.3 is 6.09 Å². The summed E-state index contributed by atoms with van der Waals surface area (Å²) < 4.78 is 5.16. The molecule has 0 unspecified atom stereocenters. The van der Waals surface area contributed by atoms with Gasteiger partial charge in [-0.2, -0.15) is 0 Å². The number of aromatic nitrogens is 2. The lowest BCUT2D eigenvalue weighted by Gasteiger charge is -2.19. The summed E-state index contributed by atoms with van der Waals surface area (Å²) in [6, 6.07) is 9.28. The van der Waals surface area contributed by atoms with Crippen LogP contribution in [0.4, 0.5) is 10.7 Å². The van der Waals surface area contributed by atoms with Gasteiger partial charge in [0.25, 0.3) is 0 Å². The predicted octanol–water partition coefficient (Wildman–Crippen LogP) is 3.73. The van der Waals surface area contributed by atoms with Crippen molar-refractivity contribution in [3.8, 4) is 11.3 Å². The molecule has 6 nitrogen and oxygen atoms in total. The topological polar surface area (TPSA) is 76.1 Å². The molecule has 2 rings (SSSR count). The van der Waals surface area contributed by atoms with Crippen molar-refractivity contribution in [2.45, 2.75) is 26.4 Å². The molecule has 0 atom stereocenters. The number of carbonyl (C=O) groups excluding carboxylic acids is 1. The number of alkyl carbamates (subject to hydrolysis) is 1. The van der Waals surface area contributed by atoms with E-state index in [1.165, 1.54) is 0 Å². The lowest BCUT2D eigenvalue weighted by atomic mass is 10.1. The highest BCUT2D eigenvalue weighted by Gasteiger charge is 2.15. The highest BCUT2D eigenvalue weighted by molar-refractivity contribution is 6.30. The van der Waals surface area contributed by atoms with Crippen LogP contribution in [-0.2, 0) is 4.74 Å². The van der Waals surface area contributed by atoms with Crippen LogP contribution < -0.4 is 10.6 Å². The number of hydrogen-bond acceptors (Lipinski definition) is 5. The highest BCUT2D eigenvalue weighted by Crippen LogP contribution is 2.21. The second kappa shape index (κ2) is 7.97. The van der Waals surface area contributed by atoms with Crippen LogP contribution in [0.1, 0.15) is 20.8 Å². The smallest absolute Gasteiger partial charge is 0.407 e. The Morgan fingerprint density at radius 2 is 2.04 bits per heavy atom. The number of benzene rings is 1. The Kier molecular flexibility index (Phi) is 5.98. The van der Waals surface area contributed by atoms with Crippen molar-refractivity contribution in [2.75, 3.05) is 18.4 Å². The first-order valence-electron chi connectivity index (χ1n) is 7.63. The third-order valence-electron chi connectivity index (χ3n) is 2.85. The fourth-order valence-corrected chi connectivity index (χ4v) is 2.10. The molecule has 7 heteroatoms. The average molecular weight is 349 g/mol.